The zero-order valence-electron chi connectivity index (χ0n) is 11.1. The Labute approximate surface area is 118 Å². The lowest BCUT2D eigenvalue weighted by atomic mass is 10.1. The maximum absolute atomic E-state index is 12.2. The summed E-state index contributed by atoms with van der Waals surface area (Å²) in [5, 5.41) is 6.26. The molecule has 0 aliphatic carbocycles. The number of rotatable bonds is 5. The number of para-hydroxylation sites is 1. The van der Waals surface area contributed by atoms with Crippen LogP contribution in [0.4, 0.5) is 5.69 Å². The Kier molecular flexibility index (Phi) is 5.69. The maximum Gasteiger partial charge on any atom is 0.242 e. The van der Waals surface area contributed by atoms with E-state index in [9.17, 15) is 4.79 Å². The van der Waals surface area contributed by atoms with E-state index in [1.165, 1.54) is 0 Å². The van der Waals surface area contributed by atoms with Crippen LogP contribution in [0.15, 0.2) is 24.3 Å². The van der Waals surface area contributed by atoms with Gasteiger partial charge in [-0.2, -0.15) is 11.8 Å². The van der Waals surface area contributed by atoms with Crippen molar-refractivity contribution >= 4 is 23.4 Å². The van der Waals surface area contributed by atoms with Crippen molar-refractivity contribution < 1.29 is 9.53 Å². The number of methoxy groups -OCH3 is 1. The van der Waals surface area contributed by atoms with Crippen molar-refractivity contribution in [2.24, 2.45) is 0 Å². The van der Waals surface area contributed by atoms with Crippen LogP contribution in [0.3, 0.4) is 0 Å². The summed E-state index contributed by atoms with van der Waals surface area (Å²) in [7, 11) is 1.68. The molecule has 1 aliphatic heterocycles. The number of amides is 1. The normalized spacial score (nSPS) is 19.1. The molecule has 1 saturated heterocycles. The van der Waals surface area contributed by atoms with E-state index in [1.54, 1.807) is 7.11 Å². The number of carbonyl (C=O) groups excluding carboxylic acids is 1. The first-order valence-electron chi connectivity index (χ1n) is 6.50. The van der Waals surface area contributed by atoms with Gasteiger partial charge in [0.05, 0.1) is 12.6 Å². The van der Waals surface area contributed by atoms with Gasteiger partial charge in [0.15, 0.2) is 0 Å². The van der Waals surface area contributed by atoms with Crippen LogP contribution < -0.4 is 10.6 Å². The van der Waals surface area contributed by atoms with Crippen molar-refractivity contribution in [3.05, 3.63) is 29.8 Å². The summed E-state index contributed by atoms with van der Waals surface area (Å²) >= 11 is 1.82. The van der Waals surface area contributed by atoms with E-state index in [-0.39, 0.29) is 11.9 Å². The number of thioether (sulfide) groups is 1. The molecule has 2 rings (SSSR count). The molecule has 0 saturated carbocycles. The van der Waals surface area contributed by atoms with Crippen LogP contribution in [0, 0.1) is 0 Å². The molecule has 0 radical (unpaired) electrons. The van der Waals surface area contributed by atoms with Crippen molar-refractivity contribution in [2.45, 2.75) is 12.5 Å². The molecular weight excluding hydrogens is 260 g/mol. The molecule has 1 heterocycles. The summed E-state index contributed by atoms with van der Waals surface area (Å²) in [5.41, 5.74) is 2.00. The van der Waals surface area contributed by atoms with Crippen molar-refractivity contribution in [3.63, 3.8) is 0 Å². The van der Waals surface area contributed by atoms with Gasteiger partial charge in [-0.1, -0.05) is 18.2 Å². The lowest BCUT2D eigenvalue weighted by molar-refractivity contribution is -0.117. The standard InChI is InChI=1S/C14H20N2O2S/c1-18-8-6-11-4-2-3-5-12(11)16-14(17)13-10-19-9-7-15-13/h2-5,13,15H,6-10H2,1H3,(H,16,17). The average Bonchev–Trinajstić information content (AvgIpc) is 2.47. The van der Waals surface area contributed by atoms with Gasteiger partial charge in [-0.3, -0.25) is 4.79 Å². The molecule has 4 nitrogen and oxygen atoms in total. The third-order valence-corrected chi connectivity index (χ3v) is 4.15. The molecule has 1 aliphatic rings. The highest BCUT2D eigenvalue weighted by Crippen LogP contribution is 2.17. The summed E-state index contributed by atoms with van der Waals surface area (Å²) in [6.07, 6.45) is 0.805. The van der Waals surface area contributed by atoms with E-state index in [0.717, 1.165) is 35.7 Å². The number of hydrogen-bond acceptors (Lipinski definition) is 4. The number of nitrogens with one attached hydrogen (secondary N) is 2. The molecule has 1 atom stereocenters. The highest BCUT2D eigenvalue weighted by Gasteiger charge is 2.21. The minimum absolute atomic E-state index is 0.0528. The molecule has 5 heteroatoms. The Balaban J connectivity index is 1.99. The number of hydrogen-bond donors (Lipinski definition) is 2. The highest BCUT2D eigenvalue weighted by molar-refractivity contribution is 7.99. The molecular formula is C14H20N2O2S. The first-order valence-corrected chi connectivity index (χ1v) is 7.65. The largest absolute Gasteiger partial charge is 0.384 e. The smallest absolute Gasteiger partial charge is 0.242 e. The van der Waals surface area contributed by atoms with Crippen LogP contribution in [0.25, 0.3) is 0 Å². The van der Waals surface area contributed by atoms with Crippen LogP contribution in [0.1, 0.15) is 5.56 Å². The van der Waals surface area contributed by atoms with Crippen molar-refractivity contribution in [1.29, 1.82) is 0 Å². The number of anilines is 1. The minimum atomic E-state index is -0.0887. The number of carbonyl (C=O) groups is 1. The quantitative estimate of drug-likeness (QED) is 0.858. The van der Waals surface area contributed by atoms with E-state index < -0.39 is 0 Å². The van der Waals surface area contributed by atoms with Gasteiger partial charge in [0, 0.05) is 30.8 Å². The van der Waals surface area contributed by atoms with Gasteiger partial charge in [0.25, 0.3) is 0 Å². The molecule has 0 spiro atoms. The zero-order valence-corrected chi connectivity index (χ0v) is 12.0. The maximum atomic E-state index is 12.2. The second-order valence-electron chi connectivity index (χ2n) is 4.47. The molecule has 1 amide bonds. The Morgan fingerprint density at radius 2 is 2.37 bits per heavy atom. The molecule has 1 aromatic rings. The molecule has 1 fully saturated rings. The molecule has 19 heavy (non-hydrogen) atoms. The summed E-state index contributed by atoms with van der Waals surface area (Å²) in [6.45, 7) is 1.55. The SMILES string of the molecule is COCCc1ccccc1NC(=O)C1CSCCN1. The van der Waals surface area contributed by atoms with Gasteiger partial charge < -0.3 is 15.4 Å². The van der Waals surface area contributed by atoms with Crippen LogP contribution in [0.2, 0.25) is 0 Å². The minimum Gasteiger partial charge on any atom is -0.384 e. The fourth-order valence-corrected chi connectivity index (χ4v) is 2.96. The van der Waals surface area contributed by atoms with Gasteiger partial charge in [0.1, 0.15) is 0 Å². The second-order valence-corrected chi connectivity index (χ2v) is 5.62. The Hall–Kier alpha value is -1.04. The Morgan fingerprint density at radius 1 is 1.53 bits per heavy atom. The average molecular weight is 280 g/mol. The fraction of sp³-hybridized carbons (Fsp3) is 0.500. The monoisotopic (exact) mass is 280 g/mol. The third kappa shape index (κ3) is 4.23. The first-order chi connectivity index (χ1) is 9.31. The van der Waals surface area contributed by atoms with Crippen molar-refractivity contribution in [2.75, 3.05) is 37.1 Å². The molecule has 0 aromatic heterocycles. The van der Waals surface area contributed by atoms with E-state index in [2.05, 4.69) is 10.6 Å². The first kappa shape index (κ1) is 14.4. The third-order valence-electron chi connectivity index (χ3n) is 3.09. The van der Waals surface area contributed by atoms with E-state index in [1.807, 2.05) is 36.0 Å². The van der Waals surface area contributed by atoms with Crippen LogP contribution >= 0.6 is 11.8 Å². The van der Waals surface area contributed by atoms with Gasteiger partial charge in [-0.05, 0) is 18.1 Å². The lowest BCUT2D eigenvalue weighted by Gasteiger charge is -2.22. The van der Waals surface area contributed by atoms with Gasteiger partial charge in [-0.25, -0.2) is 0 Å². The highest BCUT2D eigenvalue weighted by atomic mass is 32.2. The van der Waals surface area contributed by atoms with E-state index >= 15 is 0 Å². The molecule has 0 bridgehead atoms. The summed E-state index contributed by atoms with van der Waals surface area (Å²) in [5.74, 6) is 1.97. The summed E-state index contributed by atoms with van der Waals surface area (Å²) in [4.78, 5) is 12.2. The molecule has 1 aromatic carbocycles. The number of benzene rings is 1. The van der Waals surface area contributed by atoms with Gasteiger partial charge in [-0.15, -0.1) is 0 Å². The Bertz CT molecular complexity index is 420. The predicted octanol–water partition coefficient (Wildman–Crippen LogP) is 1.52. The number of ether oxygens (including phenoxy) is 1. The van der Waals surface area contributed by atoms with Crippen molar-refractivity contribution in [1.82, 2.24) is 5.32 Å². The molecule has 2 N–H and O–H groups in total. The summed E-state index contributed by atoms with van der Waals surface area (Å²) < 4.78 is 5.09. The lowest BCUT2D eigenvalue weighted by Crippen LogP contribution is -2.46. The predicted molar refractivity (Wildman–Crippen MR) is 79.8 cm³/mol. The van der Waals surface area contributed by atoms with Crippen LogP contribution in [-0.4, -0.2) is 43.7 Å². The van der Waals surface area contributed by atoms with Crippen LogP contribution in [-0.2, 0) is 16.0 Å². The van der Waals surface area contributed by atoms with Gasteiger partial charge in [0.2, 0.25) is 5.91 Å². The fourth-order valence-electron chi connectivity index (χ4n) is 2.03. The van der Waals surface area contributed by atoms with Crippen molar-refractivity contribution in [3.8, 4) is 0 Å². The molecule has 1 unspecified atom stereocenters. The van der Waals surface area contributed by atoms with E-state index in [4.69, 9.17) is 4.74 Å². The summed E-state index contributed by atoms with van der Waals surface area (Å²) in [6, 6.07) is 7.80. The second kappa shape index (κ2) is 7.53. The zero-order chi connectivity index (χ0) is 13.5. The topological polar surface area (TPSA) is 50.4 Å². The Morgan fingerprint density at radius 3 is 3.11 bits per heavy atom. The van der Waals surface area contributed by atoms with Crippen LogP contribution in [0.5, 0.6) is 0 Å². The van der Waals surface area contributed by atoms with Gasteiger partial charge >= 0.3 is 0 Å². The molecule has 104 valence electrons. The van der Waals surface area contributed by atoms with E-state index in [0.29, 0.717) is 6.61 Å².